The van der Waals surface area contributed by atoms with Crippen molar-refractivity contribution in [3.63, 3.8) is 0 Å². The van der Waals surface area contributed by atoms with E-state index in [1.807, 2.05) is 13.8 Å². The summed E-state index contributed by atoms with van der Waals surface area (Å²) in [5.41, 5.74) is 4.39. The molecule has 4 rings (SSSR count). The van der Waals surface area contributed by atoms with Crippen LogP contribution < -0.4 is 10.2 Å². The molecule has 1 saturated heterocycles. The van der Waals surface area contributed by atoms with Crippen molar-refractivity contribution in [2.75, 3.05) is 32.1 Å². The highest BCUT2D eigenvalue weighted by molar-refractivity contribution is 5.90. The number of carbonyl (C=O) groups is 1. The third kappa shape index (κ3) is 3.61. The van der Waals surface area contributed by atoms with Gasteiger partial charge < -0.3 is 15.1 Å². The standard InChI is InChI=1S/C20H29N7O/c1-13-14(2)22-18(20(28)25(3)4)23-19(13)26-9-7-15(12-26)21-11-16-10-17-6-5-8-27(17)24-16/h10,15,21H,5-9,11-12H2,1-4H3/t15-/m1/s1. The van der Waals surface area contributed by atoms with Crippen molar-refractivity contribution < 1.29 is 4.79 Å². The highest BCUT2D eigenvalue weighted by Crippen LogP contribution is 2.24. The van der Waals surface area contributed by atoms with Crippen molar-refractivity contribution in [1.82, 2.24) is 30.0 Å². The molecule has 0 aliphatic carbocycles. The van der Waals surface area contributed by atoms with Gasteiger partial charge in [0.15, 0.2) is 0 Å². The van der Waals surface area contributed by atoms with E-state index in [1.54, 1.807) is 14.1 Å². The number of aromatic nitrogens is 4. The summed E-state index contributed by atoms with van der Waals surface area (Å²) in [6.07, 6.45) is 3.40. The van der Waals surface area contributed by atoms with E-state index in [2.05, 4.69) is 36.0 Å². The van der Waals surface area contributed by atoms with Crippen LogP contribution in [0.25, 0.3) is 0 Å². The summed E-state index contributed by atoms with van der Waals surface area (Å²) >= 11 is 0. The van der Waals surface area contributed by atoms with Crippen LogP contribution in [-0.4, -0.2) is 63.8 Å². The fourth-order valence-electron chi connectivity index (χ4n) is 3.99. The van der Waals surface area contributed by atoms with E-state index in [0.29, 0.717) is 6.04 Å². The Hall–Kier alpha value is -2.48. The molecule has 2 aromatic rings. The fraction of sp³-hybridized carbons (Fsp3) is 0.600. The van der Waals surface area contributed by atoms with Crippen LogP contribution in [0.3, 0.4) is 0 Å². The second-order valence-electron chi connectivity index (χ2n) is 8.05. The predicted molar refractivity (Wildman–Crippen MR) is 108 cm³/mol. The van der Waals surface area contributed by atoms with E-state index in [1.165, 1.54) is 17.0 Å². The van der Waals surface area contributed by atoms with Gasteiger partial charge in [0.05, 0.1) is 5.69 Å². The number of nitrogens with one attached hydrogen (secondary N) is 1. The predicted octanol–water partition coefficient (Wildman–Crippen LogP) is 1.31. The molecular weight excluding hydrogens is 354 g/mol. The molecule has 28 heavy (non-hydrogen) atoms. The van der Waals surface area contributed by atoms with Gasteiger partial charge in [-0.2, -0.15) is 5.10 Å². The van der Waals surface area contributed by atoms with Gasteiger partial charge in [-0.3, -0.25) is 9.48 Å². The van der Waals surface area contributed by atoms with Crippen molar-refractivity contribution in [3.8, 4) is 0 Å². The van der Waals surface area contributed by atoms with Gasteiger partial charge in [-0.15, -0.1) is 0 Å². The van der Waals surface area contributed by atoms with Gasteiger partial charge in [0.2, 0.25) is 5.82 Å². The summed E-state index contributed by atoms with van der Waals surface area (Å²) in [6.45, 7) is 7.61. The van der Waals surface area contributed by atoms with E-state index in [4.69, 9.17) is 0 Å². The second kappa shape index (κ2) is 7.50. The molecular formula is C20H29N7O. The molecule has 2 aromatic heterocycles. The molecule has 1 amide bonds. The van der Waals surface area contributed by atoms with E-state index in [9.17, 15) is 4.79 Å². The Bertz CT molecular complexity index is 867. The van der Waals surface area contributed by atoms with Crippen molar-refractivity contribution in [2.45, 2.75) is 52.2 Å². The Balaban J connectivity index is 1.42. The molecule has 0 radical (unpaired) electrons. The average Bonchev–Trinajstić information content (AvgIpc) is 3.37. The number of carbonyl (C=O) groups excluding carboxylic acids is 1. The monoisotopic (exact) mass is 383 g/mol. The highest BCUT2D eigenvalue weighted by atomic mass is 16.2. The smallest absolute Gasteiger partial charge is 0.291 e. The maximum Gasteiger partial charge on any atom is 0.291 e. The Morgan fingerprint density at radius 1 is 1.29 bits per heavy atom. The first-order valence-electron chi connectivity index (χ1n) is 10.0. The number of amides is 1. The molecule has 4 heterocycles. The summed E-state index contributed by atoms with van der Waals surface area (Å²) < 4.78 is 2.13. The summed E-state index contributed by atoms with van der Waals surface area (Å²) in [5, 5.41) is 8.32. The molecule has 1 atom stereocenters. The van der Waals surface area contributed by atoms with Crippen LogP contribution in [0.2, 0.25) is 0 Å². The van der Waals surface area contributed by atoms with Gasteiger partial charge in [-0.25, -0.2) is 9.97 Å². The van der Waals surface area contributed by atoms with Crippen LogP contribution in [-0.2, 0) is 19.5 Å². The summed E-state index contributed by atoms with van der Waals surface area (Å²) in [7, 11) is 3.45. The van der Waals surface area contributed by atoms with E-state index >= 15 is 0 Å². The Morgan fingerprint density at radius 2 is 2.11 bits per heavy atom. The largest absolute Gasteiger partial charge is 0.355 e. The maximum absolute atomic E-state index is 12.3. The van der Waals surface area contributed by atoms with Gasteiger partial charge in [-0.1, -0.05) is 0 Å². The number of anilines is 1. The summed E-state index contributed by atoms with van der Waals surface area (Å²) in [4.78, 5) is 25.1. The zero-order chi connectivity index (χ0) is 19.8. The van der Waals surface area contributed by atoms with E-state index in [-0.39, 0.29) is 11.7 Å². The molecule has 0 saturated carbocycles. The van der Waals surface area contributed by atoms with Gasteiger partial charge >= 0.3 is 0 Å². The van der Waals surface area contributed by atoms with Crippen LogP contribution in [0.4, 0.5) is 5.82 Å². The molecule has 0 bridgehead atoms. The molecule has 8 nitrogen and oxygen atoms in total. The number of hydrogen-bond acceptors (Lipinski definition) is 6. The SMILES string of the molecule is Cc1nc(C(=O)N(C)C)nc(N2CC[C@@H](NCc3cc4n(n3)CCC4)C2)c1C. The van der Waals surface area contributed by atoms with E-state index in [0.717, 1.165) is 61.8 Å². The van der Waals surface area contributed by atoms with Crippen LogP contribution in [0.5, 0.6) is 0 Å². The third-order valence-corrected chi connectivity index (χ3v) is 5.74. The van der Waals surface area contributed by atoms with Crippen LogP contribution in [0, 0.1) is 13.8 Å². The first kappa shape index (κ1) is 18.9. The van der Waals surface area contributed by atoms with Crippen molar-refractivity contribution in [3.05, 3.63) is 34.5 Å². The molecule has 0 spiro atoms. The van der Waals surface area contributed by atoms with Crippen LogP contribution in [0.1, 0.15) is 46.1 Å². The lowest BCUT2D eigenvalue weighted by molar-refractivity contribution is 0.0815. The number of rotatable bonds is 5. The molecule has 2 aliphatic heterocycles. The van der Waals surface area contributed by atoms with Crippen LogP contribution in [0.15, 0.2) is 6.07 Å². The minimum atomic E-state index is -0.161. The summed E-state index contributed by atoms with van der Waals surface area (Å²) in [6, 6.07) is 2.61. The Labute approximate surface area is 165 Å². The molecule has 1 N–H and O–H groups in total. The molecule has 0 aromatic carbocycles. The number of hydrogen-bond donors (Lipinski definition) is 1. The molecule has 1 fully saturated rings. The lowest BCUT2D eigenvalue weighted by Gasteiger charge is -2.22. The van der Waals surface area contributed by atoms with E-state index < -0.39 is 0 Å². The van der Waals surface area contributed by atoms with Crippen molar-refractivity contribution in [1.29, 1.82) is 0 Å². The Kier molecular flexibility index (Phi) is 5.05. The fourth-order valence-corrected chi connectivity index (χ4v) is 3.99. The lowest BCUT2D eigenvalue weighted by Crippen LogP contribution is -2.33. The zero-order valence-corrected chi connectivity index (χ0v) is 17.2. The molecule has 2 aliphatic rings. The van der Waals surface area contributed by atoms with Crippen molar-refractivity contribution >= 4 is 11.7 Å². The van der Waals surface area contributed by atoms with Gasteiger partial charge in [-0.05, 0) is 39.2 Å². The first-order valence-corrected chi connectivity index (χ1v) is 10.0. The topological polar surface area (TPSA) is 79.2 Å². The van der Waals surface area contributed by atoms with Gasteiger partial charge in [0, 0.05) is 63.3 Å². The number of aryl methyl sites for hydroxylation is 3. The van der Waals surface area contributed by atoms with Crippen LogP contribution >= 0.6 is 0 Å². The Morgan fingerprint density at radius 3 is 2.86 bits per heavy atom. The third-order valence-electron chi connectivity index (χ3n) is 5.74. The maximum atomic E-state index is 12.3. The normalized spacial score (nSPS) is 18.6. The highest BCUT2D eigenvalue weighted by Gasteiger charge is 2.27. The zero-order valence-electron chi connectivity index (χ0n) is 17.2. The van der Waals surface area contributed by atoms with Crippen molar-refractivity contribution in [2.24, 2.45) is 0 Å². The van der Waals surface area contributed by atoms with Gasteiger partial charge in [0.1, 0.15) is 5.82 Å². The average molecular weight is 384 g/mol. The quantitative estimate of drug-likeness (QED) is 0.839. The minimum Gasteiger partial charge on any atom is -0.355 e. The number of nitrogens with zero attached hydrogens (tertiary/aromatic N) is 6. The molecule has 8 heteroatoms. The lowest BCUT2D eigenvalue weighted by atomic mass is 10.2. The summed E-state index contributed by atoms with van der Waals surface area (Å²) in [5.74, 6) is 0.987. The van der Waals surface area contributed by atoms with Gasteiger partial charge in [0.25, 0.3) is 5.91 Å². The number of fused-ring (bicyclic) bond motifs is 1. The molecule has 150 valence electrons. The first-order chi connectivity index (χ1) is 13.4. The second-order valence-corrected chi connectivity index (χ2v) is 8.05. The minimum absolute atomic E-state index is 0.161. The molecule has 0 unspecified atom stereocenters.